The number of nitrogens with one attached hydrogen (secondary N) is 5. The van der Waals surface area contributed by atoms with Crippen LogP contribution in [0.3, 0.4) is 0 Å². The molecule has 2 aromatic rings. The summed E-state index contributed by atoms with van der Waals surface area (Å²) in [6.45, 7) is 6.39. The minimum absolute atomic E-state index is 0.0136. The zero-order valence-corrected chi connectivity index (χ0v) is 27.6. The number of hydrogen-bond donors (Lipinski definition) is 9. The van der Waals surface area contributed by atoms with E-state index in [1.54, 1.807) is 44.2 Å². The molecular formula is C33H44N6O10. The second-order valence-corrected chi connectivity index (χ2v) is 12.2. The van der Waals surface area contributed by atoms with Crippen molar-refractivity contribution in [2.45, 2.75) is 70.8 Å². The Hall–Kier alpha value is -5.35. The molecule has 0 aromatic heterocycles. The third kappa shape index (κ3) is 13.0. The largest absolute Gasteiger partial charge is 0.478 e. The second kappa shape index (κ2) is 18.8. The Bertz CT molecular complexity index is 1500. The Balaban J connectivity index is 2.25. The SMILES string of the molecule is CC(C)C[C@H](NC(=O)[C@@H](NC(=O)[C@@H](N)CNC(=O)C(=O)O)C(C)C)C(=O)N[C@@H](Cc1ccccc1)[C@@H](O)C(=O)Nc1cccc(C(=O)O)c1. The van der Waals surface area contributed by atoms with E-state index in [9.17, 15) is 43.8 Å². The van der Waals surface area contributed by atoms with Gasteiger partial charge in [-0.2, -0.15) is 0 Å². The van der Waals surface area contributed by atoms with Gasteiger partial charge in [-0.25, -0.2) is 9.59 Å². The number of aliphatic carboxylic acids is 1. The summed E-state index contributed by atoms with van der Waals surface area (Å²) in [5.74, 6) is -8.15. The van der Waals surface area contributed by atoms with Gasteiger partial charge in [0.15, 0.2) is 6.10 Å². The molecule has 5 amide bonds. The van der Waals surface area contributed by atoms with Gasteiger partial charge in [-0.15, -0.1) is 0 Å². The minimum Gasteiger partial charge on any atom is -0.478 e. The number of carbonyl (C=O) groups is 7. The van der Waals surface area contributed by atoms with Crippen molar-refractivity contribution in [3.8, 4) is 0 Å². The molecule has 0 aliphatic heterocycles. The van der Waals surface area contributed by atoms with Crippen molar-refractivity contribution in [2.24, 2.45) is 17.6 Å². The maximum absolute atomic E-state index is 13.7. The fraction of sp³-hybridized carbons (Fsp3) is 0.424. The van der Waals surface area contributed by atoms with E-state index >= 15 is 0 Å². The number of aromatic carboxylic acids is 1. The zero-order chi connectivity index (χ0) is 36.8. The van der Waals surface area contributed by atoms with Crippen molar-refractivity contribution in [1.29, 1.82) is 0 Å². The van der Waals surface area contributed by atoms with Crippen LogP contribution >= 0.6 is 0 Å². The van der Waals surface area contributed by atoms with Gasteiger partial charge in [0, 0.05) is 12.2 Å². The molecule has 0 heterocycles. The number of carbonyl (C=O) groups excluding carboxylic acids is 5. The van der Waals surface area contributed by atoms with Gasteiger partial charge < -0.3 is 47.6 Å². The Labute approximate surface area is 283 Å². The van der Waals surface area contributed by atoms with E-state index in [0.717, 1.165) is 0 Å². The van der Waals surface area contributed by atoms with Crippen molar-refractivity contribution < 1.29 is 48.9 Å². The van der Waals surface area contributed by atoms with Gasteiger partial charge in [0.1, 0.15) is 18.1 Å². The number of amides is 5. The second-order valence-electron chi connectivity index (χ2n) is 12.2. The molecular weight excluding hydrogens is 640 g/mol. The van der Waals surface area contributed by atoms with Crippen LogP contribution in [0.15, 0.2) is 54.6 Å². The number of hydrogen-bond acceptors (Lipinski definition) is 9. The highest BCUT2D eigenvalue weighted by molar-refractivity contribution is 6.31. The maximum atomic E-state index is 13.7. The van der Waals surface area contributed by atoms with Gasteiger partial charge in [0.25, 0.3) is 5.91 Å². The lowest BCUT2D eigenvalue weighted by Gasteiger charge is -2.29. The molecule has 0 bridgehead atoms. The van der Waals surface area contributed by atoms with Gasteiger partial charge >= 0.3 is 17.8 Å². The molecule has 0 spiro atoms. The minimum atomic E-state index is -1.81. The van der Waals surface area contributed by atoms with E-state index in [4.69, 9.17) is 10.8 Å². The van der Waals surface area contributed by atoms with Crippen LogP contribution in [-0.2, 0) is 35.2 Å². The van der Waals surface area contributed by atoms with Crippen LogP contribution in [0, 0.1) is 11.8 Å². The Morgan fingerprint density at radius 1 is 0.776 bits per heavy atom. The number of rotatable bonds is 17. The molecule has 0 saturated carbocycles. The normalized spacial score (nSPS) is 14.0. The summed E-state index contributed by atoms with van der Waals surface area (Å²) in [4.78, 5) is 86.4. The van der Waals surface area contributed by atoms with Gasteiger partial charge in [-0.3, -0.25) is 24.0 Å². The average molecular weight is 685 g/mol. The number of benzene rings is 2. The van der Waals surface area contributed by atoms with Gasteiger partial charge in [-0.05, 0) is 48.4 Å². The van der Waals surface area contributed by atoms with Crippen molar-refractivity contribution in [2.75, 3.05) is 11.9 Å². The molecule has 2 aromatic carbocycles. The van der Waals surface area contributed by atoms with Gasteiger partial charge in [0.2, 0.25) is 17.7 Å². The highest BCUT2D eigenvalue weighted by atomic mass is 16.4. The predicted octanol–water partition coefficient (Wildman–Crippen LogP) is -0.388. The molecule has 0 saturated heterocycles. The lowest BCUT2D eigenvalue weighted by Crippen LogP contribution is -2.60. The first-order valence-electron chi connectivity index (χ1n) is 15.5. The van der Waals surface area contributed by atoms with E-state index in [-0.39, 0.29) is 30.0 Å². The third-order valence-corrected chi connectivity index (χ3v) is 7.25. The van der Waals surface area contributed by atoms with Crippen LogP contribution < -0.4 is 32.3 Å². The van der Waals surface area contributed by atoms with E-state index in [0.29, 0.717) is 5.56 Å². The van der Waals surface area contributed by atoms with E-state index in [1.807, 2.05) is 19.2 Å². The Morgan fingerprint density at radius 3 is 2.00 bits per heavy atom. The van der Waals surface area contributed by atoms with Crippen molar-refractivity contribution in [3.63, 3.8) is 0 Å². The first-order chi connectivity index (χ1) is 23.0. The first kappa shape index (κ1) is 39.8. The highest BCUT2D eigenvalue weighted by Gasteiger charge is 2.34. The molecule has 0 aliphatic carbocycles. The first-order valence-corrected chi connectivity index (χ1v) is 15.5. The van der Waals surface area contributed by atoms with Gasteiger partial charge in [-0.1, -0.05) is 64.1 Å². The number of nitrogens with two attached hydrogens (primary N) is 1. The highest BCUT2D eigenvalue weighted by Crippen LogP contribution is 2.15. The van der Waals surface area contributed by atoms with Crippen molar-refractivity contribution in [1.82, 2.24) is 21.3 Å². The molecule has 266 valence electrons. The summed E-state index contributed by atoms with van der Waals surface area (Å²) in [7, 11) is 0. The molecule has 10 N–H and O–H groups in total. The summed E-state index contributed by atoms with van der Waals surface area (Å²) in [6.07, 6.45) is -1.65. The summed E-state index contributed by atoms with van der Waals surface area (Å²) >= 11 is 0. The molecule has 49 heavy (non-hydrogen) atoms. The van der Waals surface area contributed by atoms with Crippen molar-refractivity contribution in [3.05, 3.63) is 65.7 Å². The fourth-order valence-corrected chi connectivity index (χ4v) is 4.65. The van der Waals surface area contributed by atoms with E-state index in [2.05, 4.69) is 21.3 Å². The molecule has 0 fully saturated rings. The monoisotopic (exact) mass is 684 g/mol. The topological polar surface area (TPSA) is 266 Å². The number of anilines is 1. The van der Waals surface area contributed by atoms with Crippen LogP contribution in [0.4, 0.5) is 5.69 Å². The van der Waals surface area contributed by atoms with E-state index < -0.39 is 84.2 Å². The van der Waals surface area contributed by atoms with Crippen LogP contribution in [-0.4, -0.2) is 93.6 Å². The van der Waals surface area contributed by atoms with Crippen LogP contribution in [0.5, 0.6) is 0 Å². The smallest absolute Gasteiger partial charge is 0.394 e. The van der Waals surface area contributed by atoms with Crippen molar-refractivity contribution >= 4 is 47.2 Å². The lowest BCUT2D eigenvalue weighted by molar-refractivity contribution is -0.150. The van der Waals surface area contributed by atoms with Crippen LogP contribution in [0.2, 0.25) is 0 Å². The standard InChI is InChI=1S/C33H44N6O10/c1-17(2)13-24(38-29(43)25(18(3)4)39-27(41)22(34)16-35-31(45)33(48)49)28(42)37-23(14-19-9-6-5-7-10-19)26(40)30(44)36-21-12-8-11-20(15-21)32(46)47/h5-12,15,17-18,22-26,40H,13-14,16,34H2,1-4H3,(H,35,45)(H,36,44)(H,37,42)(H,38,43)(H,39,41)(H,46,47)(H,48,49)/t22-,23-,24-,25-,26+/m0/s1. The molecule has 16 heteroatoms. The Morgan fingerprint density at radius 2 is 1.43 bits per heavy atom. The number of carboxylic acids is 2. The average Bonchev–Trinajstić information content (AvgIpc) is 3.04. The summed E-state index contributed by atoms with van der Waals surface area (Å²) in [5, 5.41) is 41.4. The third-order valence-electron chi connectivity index (χ3n) is 7.25. The molecule has 2 rings (SSSR count). The molecule has 16 nitrogen and oxygen atoms in total. The predicted molar refractivity (Wildman–Crippen MR) is 177 cm³/mol. The Kier molecular flexibility index (Phi) is 15.3. The lowest BCUT2D eigenvalue weighted by atomic mass is 9.97. The fourth-order valence-electron chi connectivity index (χ4n) is 4.65. The van der Waals surface area contributed by atoms with E-state index in [1.165, 1.54) is 24.3 Å². The molecule has 0 radical (unpaired) electrons. The van der Waals surface area contributed by atoms with Crippen LogP contribution in [0.25, 0.3) is 0 Å². The quantitative estimate of drug-likeness (QED) is 0.0969. The molecule has 5 atom stereocenters. The number of carboxylic acid groups (broad SMARTS) is 2. The molecule has 0 aliphatic rings. The summed E-state index contributed by atoms with van der Waals surface area (Å²) in [6, 6.07) is 9.21. The maximum Gasteiger partial charge on any atom is 0.394 e. The van der Waals surface area contributed by atoms with Crippen LogP contribution in [0.1, 0.15) is 50.0 Å². The summed E-state index contributed by atoms with van der Waals surface area (Å²) in [5.41, 5.74) is 6.48. The van der Waals surface area contributed by atoms with Gasteiger partial charge in [0.05, 0.1) is 11.6 Å². The number of aliphatic hydroxyl groups is 1. The number of aliphatic hydroxyl groups excluding tert-OH is 1. The zero-order valence-electron chi connectivity index (χ0n) is 27.6. The molecule has 0 unspecified atom stereocenters. The summed E-state index contributed by atoms with van der Waals surface area (Å²) < 4.78 is 0.